The topological polar surface area (TPSA) is 49.4 Å². The van der Waals surface area contributed by atoms with Crippen LogP contribution >= 0.6 is 15.9 Å². The van der Waals surface area contributed by atoms with E-state index in [1.807, 2.05) is 24.1 Å². The maximum Gasteiger partial charge on any atom is 0.149 e. The number of sulfone groups is 1. The molecular formula is C15H25BrN2O2S. The Bertz CT molecular complexity index is 561. The molecule has 0 aliphatic heterocycles. The van der Waals surface area contributed by atoms with Crippen LogP contribution in [0.1, 0.15) is 31.9 Å². The van der Waals surface area contributed by atoms with Crippen LogP contribution in [0.2, 0.25) is 0 Å². The standard InChI is InChI=1S/C15H25BrN2O2S/c1-5-8-17-12(2)14-11-13(16)6-7-15(14)18(3)9-10-21(4,19)20/h6-7,11-12,17H,5,8-10H2,1-4H3. The largest absolute Gasteiger partial charge is 0.373 e. The van der Waals surface area contributed by atoms with Crippen LogP contribution in [0.3, 0.4) is 0 Å². The van der Waals surface area contributed by atoms with Gasteiger partial charge in [-0.1, -0.05) is 22.9 Å². The Morgan fingerprint density at radius 3 is 2.62 bits per heavy atom. The molecule has 0 aliphatic rings. The molecule has 1 aromatic carbocycles. The predicted octanol–water partition coefficient (Wildman–Crippen LogP) is 2.99. The fourth-order valence-electron chi connectivity index (χ4n) is 2.11. The van der Waals surface area contributed by atoms with Crippen LogP contribution in [-0.2, 0) is 9.84 Å². The second kappa shape index (κ2) is 8.15. The van der Waals surface area contributed by atoms with Gasteiger partial charge >= 0.3 is 0 Å². The maximum atomic E-state index is 11.3. The minimum absolute atomic E-state index is 0.162. The van der Waals surface area contributed by atoms with Crippen LogP contribution in [0.25, 0.3) is 0 Å². The number of nitrogens with one attached hydrogen (secondary N) is 1. The van der Waals surface area contributed by atoms with E-state index in [1.54, 1.807) is 0 Å². The summed E-state index contributed by atoms with van der Waals surface area (Å²) in [4.78, 5) is 2.01. The van der Waals surface area contributed by atoms with Crippen molar-refractivity contribution in [2.24, 2.45) is 0 Å². The molecule has 1 unspecified atom stereocenters. The zero-order valence-corrected chi connectivity index (χ0v) is 15.6. The molecule has 4 nitrogen and oxygen atoms in total. The molecule has 0 radical (unpaired) electrons. The van der Waals surface area contributed by atoms with E-state index < -0.39 is 9.84 Å². The highest BCUT2D eigenvalue weighted by molar-refractivity contribution is 9.10. The van der Waals surface area contributed by atoms with Gasteiger partial charge in [0.25, 0.3) is 0 Å². The molecule has 0 aromatic heterocycles. The van der Waals surface area contributed by atoms with E-state index in [4.69, 9.17) is 0 Å². The third kappa shape index (κ3) is 6.36. The monoisotopic (exact) mass is 376 g/mol. The van der Waals surface area contributed by atoms with Gasteiger partial charge in [-0.3, -0.25) is 0 Å². The zero-order valence-electron chi connectivity index (χ0n) is 13.2. The summed E-state index contributed by atoms with van der Waals surface area (Å²) in [5.41, 5.74) is 2.24. The Balaban J connectivity index is 2.94. The van der Waals surface area contributed by atoms with Crippen molar-refractivity contribution < 1.29 is 8.42 Å². The molecule has 0 heterocycles. The number of benzene rings is 1. The zero-order chi connectivity index (χ0) is 16.0. The average Bonchev–Trinajstić information content (AvgIpc) is 2.41. The molecule has 1 N–H and O–H groups in total. The fourth-order valence-corrected chi connectivity index (χ4v) is 3.10. The summed E-state index contributed by atoms with van der Waals surface area (Å²) in [6, 6.07) is 6.34. The van der Waals surface area contributed by atoms with Gasteiger partial charge in [0.15, 0.2) is 0 Å². The first-order valence-corrected chi connectivity index (χ1v) is 10.0. The van der Waals surface area contributed by atoms with Crippen LogP contribution in [-0.4, -0.2) is 40.6 Å². The highest BCUT2D eigenvalue weighted by Gasteiger charge is 2.15. The van der Waals surface area contributed by atoms with Crippen LogP contribution in [0.4, 0.5) is 5.69 Å². The van der Waals surface area contributed by atoms with E-state index in [1.165, 1.54) is 11.8 Å². The lowest BCUT2D eigenvalue weighted by Crippen LogP contribution is -2.28. The van der Waals surface area contributed by atoms with Gasteiger partial charge < -0.3 is 10.2 Å². The molecule has 0 aliphatic carbocycles. The molecule has 1 rings (SSSR count). The normalized spacial score (nSPS) is 13.2. The molecule has 0 amide bonds. The maximum absolute atomic E-state index is 11.3. The number of hydrogen-bond acceptors (Lipinski definition) is 4. The first-order valence-electron chi connectivity index (χ1n) is 7.16. The van der Waals surface area contributed by atoms with Crippen molar-refractivity contribution in [1.82, 2.24) is 5.32 Å². The average molecular weight is 377 g/mol. The summed E-state index contributed by atoms with van der Waals surface area (Å²) in [6.07, 6.45) is 2.35. The smallest absolute Gasteiger partial charge is 0.149 e. The lowest BCUT2D eigenvalue weighted by Gasteiger charge is -2.25. The quantitative estimate of drug-likeness (QED) is 0.757. The van der Waals surface area contributed by atoms with Gasteiger partial charge in [-0.15, -0.1) is 0 Å². The van der Waals surface area contributed by atoms with Gasteiger partial charge in [0.1, 0.15) is 9.84 Å². The lowest BCUT2D eigenvalue weighted by atomic mass is 10.1. The molecule has 1 atom stereocenters. The summed E-state index contributed by atoms with van der Waals surface area (Å²) in [5, 5.41) is 3.48. The van der Waals surface area contributed by atoms with Gasteiger partial charge in [0.2, 0.25) is 0 Å². The molecule has 0 bridgehead atoms. The van der Waals surface area contributed by atoms with Crippen LogP contribution < -0.4 is 10.2 Å². The van der Waals surface area contributed by atoms with E-state index in [2.05, 4.69) is 41.2 Å². The second-order valence-electron chi connectivity index (χ2n) is 5.43. The molecule has 0 fully saturated rings. The van der Waals surface area contributed by atoms with Crippen LogP contribution in [0.15, 0.2) is 22.7 Å². The second-order valence-corrected chi connectivity index (χ2v) is 8.61. The third-order valence-corrected chi connectivity index (χ3v) is 4.78. The van der Waals surface area contributed by atoms with Crippen LogP contribution in [0, 0.1) is 0 Å². The number of rotatable bonds is 8. The van der Waals surface area contributed by atoms with E-state index >= 15 is 0 Å². The molecule has 120 valence electrons. The number of hydrogen-bond donors (Lipinski definition) is 1. The molecule has 0 saturated carbocycles. The highest BCUT2D eigenvalue weighted by atomic mass is 79.9. The van der Waals surface area contributed by atoms with Gasteiger partial charge in [-0.2, -0.15) is 0 Å². The molecule has 1 aromatic rings. The summed E-state index contributed by atoms with van der Waals surface area (Å²) >= 11 is 3.51. The number of nitrogens with zero attached hydrogens (tertiary/aromatic N) is 1. The SMILES string of the molecule is CCCNC(C)c1cc(Br)ccc1N(C)CCS(C)(=O)=O. The Kier molecular flexibility index (Phi) is 7.16. The minimum atomic E-state index is -2.95. The number of halogens is 1. The molecule has 21 heavy (non-hydrogen) atoms. The Morgan fingerprint density at radius 1 is 1.38 bits per heavy atom. The van der Waals surface area contributed by atoms with Gasteiger partial charge in [-0.25, -0.2) is 8.42 Å². The number of anilines is 1. The van der Waals surface area contributed by atoms with E-state index in [0.29, 0.717) is 6.54 Å². The Labute approximate surface area is 137 Å². The van der Waals surface area contributed by atoms with Crippen molar-refractivity contribution in [1.29, 1.82) is 0 Å². The molecule has 6 heteroatoms. The van der Waals surface area contributed by atoms with Crippen molar-refractivity contribution in [3.05, 3.63) is 28.2 Å². The summed E-state index contributed by atoms with van der Waals surface area (Å²) in [5.74, 6) is 0.162. The molecule has 0 saturated heterocycles. The fraction of sp³-hybridized carbons (Fsp3) is 0.600. The van der Waals surface area contributed by atoms with Gasteiger partial charge in [-0.05, 0) is 43.7 Å². The first kappa shape index (κ1) is 18.5. The van der Waals surface area contributed by atoms with Crippen molar-refractivity contribution >= 4 is 31.5 Å². The van der Waals surface area contributed by atoms with Crippen molar-refractivity contribution in [2.75, 3.05) is 37.0 Å². The molecular weight excluding hydrogens is 352 g/mol. The summed E-state index contributed by atoms with van der Waals surface area (Å²) < 4.78 is 23.7. The summed E-state index contributed by atoms with van der Waals surface area (Å²) in [6.45, 7) is 5.72. The molecule has 0 spiro atoms. The van der Waals surface area contributed by atoms with Crippen molar-refractivity contribution in [2.45, 2.75) is 26.3 Å². The van der Waals surface area contributed by atoms with Crippen molar-refractivity contribution in [3.63, 3.8) is 0 Å². The predicted molar refractivity (Wildman–Crippen MR) is 93.8 cm³/mol. The van der Waals surface area contributed by atoms with Gasteiger partial charge in [0.05, 0.1) is 5.75 Å². The Morgan fingerprint density at radius 2 is 2.05 bits per heavy atom. The minimum Gasteiger partial charge on any atom is -0.373 e. The lowest BCUT2D eigenvalue weighted by molar-refractivity contribution is 0.569. The first-order chi connectivity index (χ1) is 9.74. The van der Waals surface area contributed by atoms with E-state index in [9.17, 15) is 8.42 Å². The van der Waals surface area contributed by atoms with Gasteiger partial charge in [0, 0.05) is 36.1 Å². The summed E-state index contributed by atoms with van der Waals surface area (Å²) in [7, 11) is -1.01. The highest BCUT2D eigenvalue weighted by Crippen LogP contribution is 2.29. The van der Waals surface area contributed by atoms with E-state index in [0.717, 1.165) is 23.1 Å². The Hall–Kier alpha value is -0.590. The third-order valence-electron chi connectivity index (χ3n) is 3.37. The van der Waals surface area contributed by atoms with Crippen LogP contribution in [0.5, 0.6) is 0 Å². The van der Waals surface area contributed by atoms with E-state index in [-0.39, 0.29) is 11.8 Å². The van der Waals surface area contributed by atoms with Crippen molar-refractivity contribution in [3.8, 4) is 0 Å².